The van der Waals surface area contributed by atoms with Crippen molar-refractivity contribution in [2.75, 3.05) is 27.2 Å². The SMILES string of the molecule is CN(C)CC1=C(c2cccnc2)c2ccccc2OCC1. The fourth-order valence-corrected chi connectivity index (χ4v) is 2.81. The third-order valence-electron chi connectivity index (χ3n) is 3.63. The normalized spacial score (nSPS) is 14.6. The fraction of sp³-hybridized carbons (Fsp3) is 0.278. The summed E-state index contributed by atoms with van der Waals surface area (Å²) < 4.78 is 5.93. The molecule has 21 heavy (non-hydrogen) atoms. The molecule has 0 spiro atoms. The van der Waals surface area contributed by atoms with Crippen LogP contribution in [0.3, 0.4) is 0 Å². The molecule has 0 atom stereocenters. The van der Waals surface area contributed by atoms with Gasteiger partial charge in [-0.05, 0) is 37.4 Å². The van der Waals surface area contributed by atoms with E-state index in [0.717, 1.165) is 30.9 Å². The van der Waals surface area contributed by atoms with Gasteiger partial charge in [0, 0.05) is 36.5 Å². The number of ether oxygens (including phenoxy) is 1. The van der Waals surface area contributed by atoms with Crippen LogP contribution in [-0.2, 0) is 0 Å². The number of fused-ring (bicyclic) bond motifs is 1. The van der Waals surface area contributed by atoms with Crippen molar-refractivity contribution >= 4 is 5.57 Å². The van der Waals surface area contributed by atoms with Crippen LogP contribution in [0.2, 0.25) is 0 Å². The van der Waals surface area contributed by atoms with E-state index in [1.54, 1.807) is 0 Å². The Morgan fingerprint density at radius 1 is 1.14 bits per heavy atom. The van der Waals surface area contributed by atoms with Gasteiger partial charge >= 0.3 is 0 Å². The van der Waals surface area contributed by atoms with Crippen molar-refractivity contribution in [2.45, 2.75) is 6.42 Å². The molecule has 0 unspecified atom stereocenters. The maximum absolute atomic E-state index is 5.93. The van der Waals surface area contributed by atoms with E-state index in [1.165, 1.54) is 16.7 Å². The largest absolute Gasteiger partial charge is 0.493 e. The Morgan fingerprint density at radius 3 is 2.76 bits per heavy atom. The molecule has 1 aliphatic rings. The summed E-state index contributed by atoms with van der Waals surface area (Å²) in [5.41, 5.74) is 5.00. The first kappa shape index (κ1) is 13.8. The molecular weight excluding hydrogens is 260 g/mol. The Bertz CT molecular complexity index is 647. The van der Waals surface area contributed by atoms with Crippen LogP contribution in [0.5, 0.6) is 5.75 Å². The van der Waals surface area contributed by atoms with Crippen LogP contribution in [-0.4, -0.2) is 37.1 Å². The highest BCUT2D eigenvalue weighted by molar-refractivity contribution is 5.85. The van der Waals surface area contributed by atoms with Crippen LogP contribution in [0.25, 0.3) is 5.57 Å². The molecular formula is C18H20N2O. The van der Waals surface area contributed by atoms with E-state index in [9.17, 15) is 0 Å². The number of benzene rings is 1. The Labute approximate surface area is 125 Å². The summed E-state index contributed by atoms with van der Waals surface area (Å²) in [6.07, 6.45) is 4.69. The van der Waals surface area contributed by atoms with Crippen molar-refractivity contribution in [3.8, 4) is 5.75 Å². The van der Waals surface area contributed by atoms with E-state index < -0.39 is 0 Å². The van der Waals surface area contributed by atoms with Gasteiger partial charge in [0.1, 0.15) is 5.75 Å². The Balaban J connectivity index is 2.20. The third kappa shape index (κ3) is 2.98. The van der Waals surface area contributed by atoms with Crippen molar-refractivity contribution in [1.82, 2.24) is 9.88 Å². The summed E-state index contributed by atoms with van der Waals surface area (Å²) in [7, 11) is 4.21. The van der Waals surface area contributed by atoms with Gasteiger partial charge in [0.25, 0.3) is 0 Å². The first-order valence-electron chi connectivity index (χ1n) is 7.25. The van der Waals surface area contributed by atoms with Gasteiger partial charge in [-0.15, -0.1) is 0 Å². The quantitative estimate of drug-likeness (QED) is 0.863. The zero-order chi connectivity index (χ0) is 14.7. The van der Waals surface area contributed by atoms with Crippen LogP contribution < -0.4 is 4.74 Å². The number of likely N-dealkylation sites (N-methyl/N-ethyl adjacent to an activating group) is 1. The summed E-state index contributed by atoms with van der Waals surface area (Å²) >= 11 is 0. The topological polar surface area (TPSA) is 25.4 Å². The number of nitrogens with zero attached hydrogens (tertiary/aromatic N) is 2. The van der Waals surface area contributed by atoms with Crippen LogP contribution in [0, 0.1) is 0 Å². The van der Waals surface area contributed by atoms with E-state index in [2.05, 4.69) is 42.2 Å². The van der Waals surface area contributed by atoms with Gasteiger partial charge in [-0.2, -0.15) is 0 Å². The van der Waals surface area contributed by atoms with Gasteiger partial charge in [0.15, 0.2) is 0 Å². The first-order chi connectivity index (χ1) is 10.3. The Kier molecular flexibility index (Phi) is 4.02. The monoisotopic (exact) mass is 280 g/mol. The molecule has 108 valence electrons. The Hall–Kier alpha value is -2.13. The molecule has 0 fully saturated rings. The molecule has 1 aliphatic heterocycles. The molecule has 0 N–H and O–H groups in total. The number of rotatable bonds is 3. The molecule has 0 radical (unpaired) electrons. The van der Waals surface area contributed by atoms with Gasteiger partial charge < -0.3 is 9.64 Å². The lowest BCUT2D eigenvalue weighted by Gasteiger charge is -2.17. The van der Waals surface area contributed by atoms with E-state index in [4.69, 9.17) is 4.74 Å². The summed E-state index contributed by atoms with van der Waals surface area (Å²) in [6, 6.07) is 12.4. The lowest BCUT2D eigenvalue weighted by Crippen LogP contribution is -2.17. The molecule has 2 heterocycles. The number of pyridine rings is 1. The van der Waals surface area contributed by atoms with Gasteiger partial charge in [-0.1, -0.05) is 24.3 Å². The summed E-state index contributed by atoms with van der Waals surface area (Å²) in [6.45, 7) is 1.66. The molecule has 0 amide bonds. The molecule has 3 nitrogen and oxygen atoms in total. The van der Waals surface area contributed by atoms with Crippen LogP contribution in [0.4, 0.5) is 0 Å². The average molecular weight is 280 g/mol. The lowest BCUT2D eigenvalue weighted by molar-refractivity contribution is 0.318. The molecule has 3 heteroatoms. The molecule has 0 bridgehead atoms. The standard InChI is InChI=1S/C18H20N2O/c1-20(2)13-15-9-11-21-17-8-4-3-7-16(17)18(15)14-6-5-10-19-12-14/h3-8,10,12H,9,11,13H2,1-2H3. The maximum atomic E-state index is 5.93. The number of aromatic nitrogens is 1. The molecule has 1 aromatic carbocycles. The second-order valence-corrected chi connectivity index (χ2v) is 5.55. The molecule has 0 saturated carbocycles. The molecule has 2 aromatic rings. The zero-order valence-corrected chi connectivity index (χ0v) is 12.5. The Morgan fingerprint density at radius 2 is 2.00 bits per heavy atom. The lowest BCUT2D eigenvalue weighted by atomic mass is 9.92. The van der Waals surface area contributed by atoms with Crippen molar-refractivity contribution in [3.63, 3.8) is 0 Å². The highest BCUT2D eigenvalue weighted by atomic mass is 16.5. The second-order valence-electron chi connectivity index (χ2n) is 5.55. The van der Waals surface area contributed by atoms with E-state index in [0.29, 0.717) is 0 Å². The fourth-order valence-electron chi connectivity index (χ4n) is 2.81. The number of hydrogen-bond donors (Lipinski definition) is 0. The minimum absolute atomic E-state index is 0.726. The van der Waals surface area contributed by atoms with Crippen LogP contribution in [0.1, 0.15) is 17.5 Å². The van der Waals surface area contributed by atoms with Gasteiger partial charge in [-0.3, -0.25) is 4.98 Å². The average Bonchev–Trinajstić information content (AvgIpc) is 2.66. The highest BCUT2D eigenvalue weighted by Crippen LogP contribution is 2.36. The smallest absolute Gasteiger partial charge is 0.127 e. The predicted molar refractivity (Wildman–Crippen MR) is 85.4 cm³/mol. The number of hydrogen-bond acceptors (Lipinski definition) is 3. The van der Waals surface area contributed by atoms with E-state index >= 15 is 0 Å². The minimum Gasteiger partial charge on any atom is -0.493 e. The predicted octanol–water partition coefficient (Wildman–Crippen LogP) is 3.23. The second kappa shape index (κ2) is 6.10. The van der Waals surface area contributed by atoms with Crippen molar-refractivity contribution in [2.24, 2.45) is 0 Å². The molecule has 3 rings (SSSR count). The van der Waals surface area contributed by atoms with Gasteiger partial charge in [0.05, 0.1) is 6.61 Å². The van der Waals surface area contributed by atoms with Crippen LogP contribution in [0.15, 0.2) is 54.4 Å². The highest BCUT2D eigenvalue weighted by Gasteiger charge is 2.19. The minimum atomic E-state index is 0.726. The van der Waals surface area contributed by atoms with Crippen LogP contribution >= 0.6 is 0 Å². The van der Waals surface area contributed by atoms with Gasteiger partial charge in [-0.25, -0.2) is 0 Å². The first-order valence-corrected chi connectivity index (χ1v) is 7.25. The summed E-state index contributed by atoms with van der Waals surface area (Å²) in [5, 5.41) is 0. The summed E-state index contributed by atoms with van der Waals surface area (Å²) in [4.78, 5) is 6.50. The van der Waals surface area contributed by atoms with Crippen molar-refractivity contribution in [3.05, 3.63) is 65.5 Å². The van der Waals surface area contributed by atoms with Crippen molar-refractivity contribution in [1.29, 1.82) is 0 Å². The third-order valence-corrected chi connectivity index (χ3v) is 3.63. The molecule has 0 aliphatic carbocycles. The summed E-state index contributed by atoms with van der Waals surface area (Å²) in [5.74, 6) is 0.963. The number of para-hydroxylation sites is 1. The van der Waals surface area contributed by atoms with Crippen molar-refractivity contribution < 1.29 is 4.74 Å². The van der Waals surface area contributed by atoms with E-state index in [-0.39, 0.29) is 0 Å². The molecule has 1 aromatic heterocycles. The molecule has 0 saturated heterocycles. The zero-order valence-electron chi connectivity index (χ0n) is 12.5. The maximum Gasteiger partial charge on any atom is 0.127 e. The van der Waals surface area contributed by atoms with Gasteiger partial charge in [0.2, 0.25) is 0 Å². The van der Waals surface area contributed by atoms with E-state index in [1.807, 2.05) is 30.6 Å².